The van der Waals surface area contributed by atoms with Gasteiger partial charge in [-0.05, 0) is 6.42 Å². The Kier molecular flexibility index (Phi) is 3.77. The molecule has 0 aromatic heterocycles. The first-order chi connectivity index (χ1) is 5.75. The molecule has 0 saturated heterocycles. The van der Waals surface area contributed by atoms with Crippen molar-refractivity contribution in [1.82, 2.24) is 0 Å². The number of hydrogen-bond donors (Lipinski definition) is 0. The normalized spacial score (nSPS) is 27.2. The van der Waals surface area contributed by atoms with E-state index in [1.54, 1.807) is 0 Å². The topological polar surface area (TPSA) is 3.01 Å². The van der Waals surface area contributed by atoms with Crippen molar-refractivity contribution in [2.24, 2.45) is 5.92 Å². The molecule has 12 heavy (non-hydrogen) atoms. The number of unbranched alkanes of at least 4 members (excludes halogenated alkanes) is 3. The standard InChI is InChI=1S/C11H22N/c1-4-5-6-7-8-12(3)11-9-10(11)2/h10-11H,3-9H2,1-2H3/q+1. The lowest BCUT2D eigenvalue weighted by atomic mass is 10.2. The summed E-state index contributed by atoms with van der Waals surface area (Å²) in [6, 6.07) is 0.812. The Morgan fingerprint density at radius 3 is 2.50 bits per heavy atom. The third-order valence-electron chi connectivity index (χ3n) is 2.83. The molecule has 0 N–H and O–H groups in total. The van der Waals surface area contributed by atoms with E-state index in [1.165, 1.54) is 38.6 Å². The van der Waals surface area contributed by atoms with Crippen LogP contribution in [0.1, 0.15) is 46.0 Å². The molecule has 1 fully saturated rings. The van der Waals surface area contributed by atoms with Gasteiger partial charge >= 0.3 is 0 Å². The predicted molar refractivity (Wildman–Crippen MR) is 54.0 cm³/mol. The van der Waals surface area contributed by atoms with E-state index in [0.29, 0.717) is 0 Å². The Balaban J connectivity index is 1.96. The van der Waals surface area contributed by atoms with Gasteiger partial charge in [0.1, 0.15) is 13.3 Å². The highest BCUT2D eigenvalue weighted by Gasteiger charge is 2.41. The highest BCUT2D eigenvalue weighted by atomic mass is 15.1. The van der Waals surface area contributed by atoms with Crippen LogP contribution in [0.2, 0.25) is 0 Å². The predicted octanol–water partition coefficient (Wildman–Crippen LogP) is 2.69. The van der Waals surface area contributed by atoms with E-state index in [1.807, 2.05) is 0 Å². The number of rotatable bonds is 6. The van der Waals surface area contributed by atoms with Crippen LogP contribution in [0.4, 0.5) is 0 Å². The molecular weight excluding hydrogens is 146 g/mol. The Morgan fingerprint density at radius 1 is 1.33 bits per heavy atom. The summed E-state index contributed by atoms with van der Waals surface area (Å²) in [5, 5.41) is 0. The quantitative estimate of drug-likeness (QED) is 0.326. The molecule has 2 atom stereocenters. The molecule has 1 saturated carbocycles. The minimum Gasteiger partial charge on any atom is -0.239 e. The van der Waals surface area contributed by atoms with Crippen LogP contribution < -0.4 is 0 Å². The Bertz CT molecular complexity index is 151. The fourth-order valence-corrected chi connectivity index (χ4v) is 1.72. The fourth-order valence-electron chi connectivity index (χ4n) is 1.72. The largest absolute Gasteiger partial charge is 0.239 e. The summed E-state index contributed by atoms with van der Waals surface area (Å²) in [6.07, 6.45) is 6.80. The first kappa shape index (κ1) is 9.76. The van der Waals surface area contributed by atoms with E-state index in [0.717, 1.165) is 12.0 Å². The summed E-state index contributed by atoms with van der Waals surface area (Å²) < 4.78 is 2.29. The van der Waals surface area contributed by atoms with Crippen molar-refractivity contribution in [2.75, 3.05) is 6.54 Å². The van der Waals surface area contributed by atoms with E-state index in [2.05, 4.69) is 25.1 Å². The van der Waals surface area contributed by atoms with Crippen molar-refractivity contribution >= 4 is 6.72 Å². The monoisotopic (exact) mass is 168 g/mol. The molecule has 0 spiro atoms. The van der Waals surface area contributed by atoms with Gasteiger partial charge in [0.2, 0.25) is 0 Å². The Hall–Kier alpha value is -0.330. The molecule has 1 rings (SSSR count). The van der Waals surface area contributed by atoms with E-state index in [4.69, 9.17) is 0 Å². The third-order valence-corrected chi connectivity index (χ3v) is 2.83. The van der Waals surface area contributed by atoms with E-state index in [-0.39, 0.29) is 0 Å². The van der Waals surface area contributed by atoms with Gasteiger partial charge in [-0.3, -0.25) is 0 Å². The SMILES string of the molecule is C=[N+](CCCCCC)C1CC1C. The van der Waals surface area contributed by atoms with Crippen molar-refractivity contribution in [2.45, 2.75) is 52.0 Å². The van der Waals surface area contributed by atoms with Gasteiger partial charge in [0.05, 0.1) is 0 Å². The van der Waals surface area contributed by atoms with Gasteiger partial charge in [0.25, 0.3) is 0 Å². The summed E-state index contributed by atoms with van der Waals surface area (Å²) in [4.78, 5) is 0. The smallest absolute Gasteiger partial charge is 0.155 e. The van der Waals surface area contributed by atoms with Crippen molar-refractivity contribution in [3.05, 3.63) is 0 Å². The van der Waals surface area contributed by atoms with Gasteiger partial charge in [0, 0.05) is 18.8 Å². The first-order valence-electron chi connectivity index (χ1n) is 5.32. The lowest BCUT2D eigenvalue weighted by molar-refractivity contribution is -0.537. The summed E-state index contributed by atoms with van der Waals surface area (Å²) in [6.45, 7) is 9.85. The molecule has 1 heteroatoms. The molecule has 1 nitrogen and oxygen atoms in total. The van der Waals surface area contributed by atoms with Crippen LogP contribution in [0.3, 0.4) is 0 Å². The van der Waals surface area contributed by atoms with Crippen molar-refractivity contribution < 1.29 is 4.58 Å². The van der Waals surface area contributed by atoms with Gasteiger partial charge in [0.15, 0.2) is 6.04 Å². The van der Waals surface area contributed by atoms with Crippen LogP contribution in [0.25, 0.3) is 0 Å². The van der Waals surface area contributed by atoms with E-state index >= 15 is 0 Å². The lowest BCUT2D eigenvalue weighted by Gasteiger charge is -1.99. The fraction of sp³-hybridized carbons (Fsp3) is 0.909. The van der Waals surface area contributed by atoms with Gasteiger partial charge in [-0.2, -0.15) is 0 Å². The molecule has 0 aromatic rings. The molecule has 0 aliphatic heterocycles. The molecule has 0 heterocycles. The Labute approximate surface area is 76.5 Å². The number of nitrogens with zero attached hydrogens (tertiary/aromatic N) is 1. The zero-order chi connectivity index (χ0) is 8.97. The van der Waals surface area contributed by atoms with Gasteiger partial charge in [-0.15, -0.1) is 0 Å². The zero-order valence-corrected chi connectivity index (χ0v) is 8.55. The molecule has 0 radical (unpaired) electrons. The Morgan fingerprint density at radius 2 is 2.00 bits per heavy atom. The van der Waals surface area contributed by atoms with E-state index in [9.17, 15) is 0 Å². The molecule has 2 unspecified atom stereocenters. The average molecular weight is 168 g/mol. The molecule has 0 aromatic carbocycles. The van der Waals surface area contributed by atoms with Crippen LogP contribution in [0.15, 0.2) is 0 Å². The second-order valence-electron chi connectivity index (χ2n) is 4.15. The molecule has 1 aliphatic rings. The maximum atomic E-state index is 4.08. The molecule has 1 aliphatic carbocycles. The van der Waals surface area contributed by atoms with Crippen LogP contribution in [-0.4, -0.2) is 23.9 Å². The minimum atomic E-state index is 0.812. The first-order valence-corrected chi connectivity index (χ1v) is 5.32. The lowest BCUT2D eigenvalue weighted by Crippen LogP contribution is -2.14. The van der Waals surface area contributed by atoms with Crippen LogP contribution in [0, 0.1) is 5.92 Å². The van der Waals surface area contributed by atoms with Crippen LogP contribution in [0.5, 0.6) is 0 Å². The van der Waals surface area contributed by atoms with Crippen molar-refractivity contribution in [1.29, 1.82) is 0 Å². The molecule has 70 valence electrons. The summed E-state index contributed by atoms with van der Waals surface area (Å²) in [5.74, 6) is 0.911. The molecule has 0 amide bonds. The van der Waals surface area contributed by atoms with Crippen molar-refractivity contribution in [3.63, 3.8) is 0 Å². The molecule has 0 bridgehead atoms. The summed E-state index contributed by atoms with van der Waals surface area (Å²) >= 11 is 0. The highest BCUT2D eigenvalue weighted by Crippen LogP contribution is 2.32. The van der Waals surface area contributed by atoms with Crippen molar-refractivity contribution in [3.8, 4) is 0 Å². The van der Waals surface area contributed by atoms with Crippen LogP contribution in [-0.2, 0) is 0 Å². The second-order valence-corrected chi connectivity index (χ2v) is 4.15. The van der Waals surface area contributed by atoms with Crippen LogP contribution >= 0.6 is 0 Å². The van der Waals surface area contributed by atoms with Gasteiger partial charge in [-0.25, -0.2) is 4.58 Å². The second kappa shape index (κ2) is 4.64. The number of hydrogen-bond acceptors (Lipinski definition) is 0. The molecular formula is C11H22N+. The summed E-state index contributed by atoms with van der Waals surface area (Å²) in [7, 11) is 0. The average Bonchev–Trinajstić information content (AvgIpc) is 2.76. The summed E-state index contributed by atoms with van der Waals surface area (Å²) in [5.41, 5.74) is 0. The maximum Gasteiger partial charge on any atom is 0.155 e. The van der Waals surface area contributed by atoms with Gasteiger partial charge < -0.3 is 0 Å². The highest BCUT2D eigenvalue weighted by molar-refractivity contribution is 5.15. The van der Waals surface area contributed by atoms with E-state index < -0.39 is 0 Å². The maximum absolute atomic E-state index is 4.08. The minimum absolute atomic E-state index is 0.812. The third kappa shape index (κ3) is 2.96. The van der Waals surface area contributed by atoms with Gasteiger partial charge in [-0.1, -0.05) is 26.7 Å². The zero-order valence-electron chi connectivity index (χ0n) is 8.55.